The second-order valence-electron chi connectivity index (χ2n) is 7.96. The fraction of sp³-hybridized carbons (Fsp3) is 0.391. The molecule has 0 aliphatic carbocycles. The van der Waals surface area contributed by atoms with Gasteiger partial charge in [-0.25, -0.2) is 13.2 Å². The van der Waals surface area contributed by atoms with Crippen molar-refractivity contribution in [3.8, 4) is 11.1 Å². The third kappa shape index (κ3) is 4.24. The summed E-state index contributed by atoms with van der Waals surface area (Å²) in [6.45, 7) is 3.36. The molecule has 7 nitrogen and oxygen atoms in total. The lowest BCUT2D eigenvalue weighted by Crippen LogP contribution is -2.39. The topological polar surface area (TPSA) is 94.5 Å². The molecule has 4 rings (SSSR count). The first kappa shape index (κ1) is 22.7. The third-order valence-electron chi connectivity index (χ3n) is 5.78. The summed E-state index contributed by atoms with van der Waals surface area (Å²) in [6.07, 6.45) is 2.49. The van der Waals surface area contributed by atoms with Gasteiger partial charge in [-0.05, 0) is 50.4 Å². The lowest BCUT2D eigenvalue weighted by Gasteiger charge is -2.31. The highest BCUT2D eigenvalue weighted by atomic mass is 32.2. The van der Waals surface area contributed by atoms with Crippen LogP contribution in [0.25, 0.3) is 21.3 Å². The molecule has 3 aromatic rings. The van der Waals surface area contributed by atoms with Crippen molar-refractivity contribution in [3.63, 3.8) is 0 Å². The Labute approximate surface area is 190 Å². The van der Waals surface area contributed by atoms with Gasteiger partial charge in [-0.2, -0.15) is 0 Å². The number of hydrogen-bond donors (Lipinski definition) is 1. The number of fused-ring (bicyclic) bond motifs is 1. The standard InChI is InChI=1S/C23H26N2O5S2/c1-3-30-23(27)20-19(15-7-5-4-6-8-15)17-9-10-18(26)25(21(17)31-20)22(32(2,28)29)16-11-13-24-14-12-16/h4-10,16,22,24H,3,11-14H2,1-2H3. The molecule has 1 aliphatic rings. The molecule has 1 N–H and O–H groups in total. The normalized spacial score (nSPS) is 16.2. The predicted octanol–water partition coefficient (Wildman–Crippen LogP) is 3.45. The van der Waals surface area contributed by atoms with E-state index in [2.05, 4.69) is 5.32 Å². The summed E-state index contributed by atoms with van der Waals surface area (Å²) in [5.41, 5.74) is 1.09. The number of esters is 1. The predicted molar refractivity (Wildman–Crippen MR) is 127 cm³/mol. The Hall–Kier alpha value is -2.49. The van der Waals surface area contributed by atoms with Crippen LogP contribution in [0.2, 0.25) is 0 Å². The van der Waals surface area contributed by atoms with Crippen molar-refractivity contribution < 1.29 is 17.9 Å². The fourth-order valence-electron chi connectivity index (χ4n) is 4.45. The number of nitrogens with zero attached hydrogens (tertiary/aromatic N) is 1. The minimum absolute atomic E-state index is 0.192. The van der Waals surface area contributed by atoms with Crippen molar-refractivity contribution in [2.75, 3.05) is 26.0 Å². The maximum absolute atomic E-state index is 13.1. The molecule has 1 fully saturated rings. The molecule has 32 heavy (non-hydrogen) atoms. The zero-order chi connectivity index (χ0) is 22.9. The monoisotopic (exact) mass is 474 g/mol. The minimum Gasteiger partial charge on any atom is -0.462 e. The molecule has 1 unspecified atom stereocenters. The lowest BCUT2D eigenvalue weighted by molar-refractivity contribution is 0.0533. The Kier molecular flexibility index (Phi) is 6.50. The zero-order valence-corrected chi connectivity index (χ0v) is 19.7. The Bertz CT molecular complexity index is 1290. The van der Waals surface area contributed by atoms with E-state index < -0.39 is 21.2 Å². The molecule has 0 radical (unpaired) electrons. The van der Waals surface area contributed by atoms with Gasteiger partial charge >= 0.3 is 5.97 Å². The van der Waals surface area contributed by atoms with Crippen LogP contribution in [0.15, 0.2) is 47.3 Å². The number of sulfone groups is 1. The molecule has 1 aliphatic heterocycles. The van der Waals surface area contributed by atoms with E-state index in [4.69, 9.17) is 4.74 Å². The molecule has 0 spiro atoms. The quantitative estimate of drug-likeness (QED) is 0.550. The van der Waals surface area contributed by atoms with Crippen LogP contribution in [0.5, 0.6) is 0 Å². The Balaban J connectivity index is 2.03. The van der Waals surface area contributed by atoms with Gasteiger partial charge in [-0.3, -0.25) is 9.36 Å². The van der Waals surface area contributed by atoms with E-state index >= 15 is 0 Å². The number of aromatic nitrogens is 1. The highest BCUT2D eigenvalue weighted by molar-refractivity contribution is 7.90. The summed E-state index contributed by atoms with van der Waals surface area (Å²) in [5, 5.41) is 2.93. The lowest BCUT2D eigenvalue weighted by atomic mass is 9.97. The number of ether oxygens (including phenoxy) is 1. The maximum Gasteiger partial charge on any atom is 0.349 e. The molecule has 3 heterocycles. The number of piperidine rings is 1. The van der Waals surface area contributed by atoms with Gasteiger partial charge in [-0.15, -0.1) is 11.3 Å². The van der Waals surface area contributed by atoms with Crippen molar-refractivity contribution in [3.05, 3.63) is 57.7 Å². The van der Waals surface area contributed by atoms with Gasteiger partial charge in [0.2, 0.25) is 0 Å². The van der Waals surface area contributed by atoms with Crippen LogP contribution in [0.1, 0.15) is 34.8 Å². The van der Waals surface area contributed by atoms with Crippen molar-refractivity contribution in [1.82, 2.24) is 9.88 Å². The van der Waals surface area contributed by atoms with Crippen LogP contribution in [0, 0.1) is 5.92 Å². The van der Waals surface area contributed by atoms with E-state index in [0.717, 1.165) is 16.9 Å². The Morgan fingerprint density at radius 1 is 1.19 bits per heavy atom. The molecular formula is C23H26N2O5S2. The average molecular weight is 475 g/mol. The Morgan fingerprint density at radius 3 is 2.50 bits per heavy atom. The number of carbonyl (C=O) groups excluding carboxylic acids is 1. The van der Waals surface area contributed by atoms with Crippen LogP contribution in [0.4, 0.5) is 0 Å². The number of hydrogen-bond acceptors (Lipinski definition) is 7. The molecule has 1 atom stereocenters. The number of benzene rings is 1. The fourth-order valence-corrected chi connectivity index (χ4v) is 7.33. The van der Waals surface area contributed by atoms with E-state index in [1.807, 2.05) is 30.3 Å². The maximum atomic E-state index is 13.1. The van der Waals surface area contributed by atoms with E-state index in [-0.39, 0.29) is 18.1 Å². The molecule has 0 saturated carbocycles. The van der Waals surface area contributed by atoms with Gasteiger partial charge in [-0.1, -0.05) is 30.3 Å². The minimum atomic E-state index is -3.60. The summed E-state index contributed by atoms with van der Waals surface area (Å²) in [6, 6.07) is 12.5. The van der Waals surface area contributed by atoms with Crippen molar-refractivity contribution in [2.45, 2.75) is 25.1 Å². The van der Waals surface area contributed by atoms with Gasteiger partial charge in [0.1, 0.15) is 15.1 Å². The third-order valence-corrected chi connectivity index (χ3v) is 8.44. The van der Waals surface area contributed by atoms with Gasteiger partial charge in [0, 0.05) is 23.3 Å². The van der Waals surface area contributed by atoms with Crippen LogP contribution in [0.3, 0.4) is 0 Å². The van der Waals surface area contributed by atoms with E-state index in [1.54, 1.807) is 13.0 Å². The number of carbonyl (C=O) groups is 1. The van der Waals surface area contributed by atoms with Crippen LogP contribution in [-0.4, -0.2) is 44.9 Å². The molecule has 9 heteroatoms. The van der Waals surface area contributed by atoms with Gasteiger partial charge in [0.15, 0.2) is 9.84 Å². The molecular weight excluding hydrogens is 448 g/mol. The largest absolute Gasteiger partial charge is 0.462 e. The van der Waals surface area contributed by atoms with Crippen LogP contribution < -0.4 is 10.9 Å². The molecule has 1 aromatic carbocycles. The molecule has 2 aromatic heterocycles. The molecule has 170 valence electrons. The summed E-state index contributed by atoms with van der Waals surface area (Å²) in [5.74, 6) is -0.674. The van der Waals surface area contributed by atoms with E-state index in [0.29, 0.717) is 46.6 Å². The number of rotatable bonds is 6. The first-order chi connectivity index (χ1) is 15.3. The number of pyridine rings is 1. The molecule has 0 amide bonds. The highest BCUT2D eigenvalue weighted by Crippen LogP contribution is 2.41. The highest BCUT2D eigenvalue weighted by Gasteiger charge is 2.36. The SMILES string of the molecule is CCOC(=O)c1sc2c(ccc(=O)n2C(C2CCNCC2)S(C)(=O)=O)c1-c1ccccc1. The number of thiophene rings is 1. The van der Waals surface area contributed by atoms with Crippen molar-refractivity contribution in [2.24, 2.45) is 5.92 Å². The first-order valence-electron chi connectivity index (χ1n) is 10.6. The van der Waals surface area contributed by atoms with Crippen molar-refractivity contribution in [1.29, 1.82) is 0 Å². The number of nitrogens with one attached hydrogen (secondary N) is 1. The zero-order valence-electron chi connectivity index (χ0n) is 18.0. The smallest absolute Gasteiger partial charge is 0.349 e. The van der Waals surface area contributed by atoms with Gasteiger partial charge < -0.3 is 10.1 Å². The molecule has 0 bridgehead atoms. The first-order valence-corrected chi connectivity index (χ1v) is 13.4. The summed E-state index contributed by atoms with van der Waals surface area (Å²) in [4.78, 5) is 26.8. The van der Waals surface area contributed by atoms with E-state index in [1.165, 1.54) is 16.9 Å². The second kappa shape index (κ2) is 9.17. The van der Waals surface area contributed by atoms with Gasteiger partial charge in [0.05, 0.1) is 6.61 Å². The summed E-state index contributed by atoms with van der Waals surface area (Å²) < 4.78 is 32.6. The summed E-state index contributed by atoms with van der Waals surface area (Å²) in [7, 11) is -3.60. The van der Waals surface area contributed by atoms with E-state index in [9.17, 15) is 18.0 Å². The Morgan fingerprint density at radius 2 is 1.88 bits per heavy atom. The van der Waals surface area contributed by atoms with Crippen LogP contribution >= 0.6 is 11.3 Å². The van der Waals surface area contributed by atoms with Crippen LogP contribution in [-0.2, 0) is 14.6 Å². The van der Waals surface area contributed by atoms with Gasteiger partial charge in [0.25, 0.3) is 5.56 Å². The second-order valence-corrected chi connectivity index (χ2v) is 11.1. The summed E-state index contributed by atoms with van der Waals surface area (Å²) >= 11 is 1.12. The molecule has 1 saturated heterocycles. The van der Waals surface area contributed by atoms with Crippen molar-refractivity contribution >= 4 is 37.4 Å². The average Bonchev–Trinajstić information content (AvgIpc) is 3.16.